The second kappa shape index (κ2) is 12.8. The van der Waals surface area contributed by atoms with E-state index in [1.165, 1.54) is 19.1 Å². The number of ether oxygens (including phenoxy) is 2. The molecule has 0 unspecified atom stereocenters. The number of hydrogen-bond acceptors (Lipinski definition) is 5. The Morgan fingerprint density at radius 2 is 1.30 bits per heavy atom. The van der Waals surface area contributed by atoms with E-state index in [-0.39, 0.29) is 18.8 Å². The zero-order valence-electron chi connectivity index (χ0n) is 11.3. The molecule has 110 valence electrons. The molecule has 0 saturated heterocycles. The molecule has 20 heavy (non-hydrogen) atoms. The van der Waals surface area contributed by atoms with Crippen LogP contribution in [0, 0.1) is 0 Å². The number of carbonyl (C=O) groups excluding carboxylic acids is 2. The van der Waals surface area contributed by atoms with Gasteiger partial charge < -0.3 is 14.6 Å². The number of aliphatic carboxylic acids is 1. The van der Waals surface area contributed by atoms with Crippen molar-refractivity contribution in [2.75, 3.05) is 13.2 Å². The molecule has 0 bridgehead atoms. The van der Waals surface area contributed by atoms with Crippen molar-refractivity contribution >= 4 is 17.9 Å². The number of hydrogen-bond donors (Lipinski definition) is 1. The molecular formula is C14H18O6. The third-order valence-corrected chi connectivity index (χ3v) is 1.41. The van der Waals surface area contributed by atoms with E-state index in [2.05, 4.69) is 29.2 Å². The van der Waals surface area contributed by atoms with Crippen LogP contribution in [0.5, 0.6) is 0 Å². The van der Waals surface area contributed by atoms with Gasteiger partial charge in [-0.15, -0.1) is 0 Å². The van der Waals surface area contributed by atoms with Crippen LogP contribution in [0.3, 0.4) is 0 Å². The molecule has 1 N–H and O–H groups in total. The smallest absolute Gasteiger partial charge is 0.331 e. The molecule has 0 rings (SSSR count). The Morgan fingerprint density at radius 1 is 1.00 bits per heavy atom. The first-order valence-corrected chi connectivity index (χ1v) is 5.47. The SMILES string of the molecule is C=C(C)C(=O)O.C=CCOC(=O)/C=C\C(=O)OCC=C. The van der Waals surface area contributed by atoms with E-state index in [0.717, 1.165) is 12.2 Å². The summed E-state index contributed by atoms with van der Waals surface area (Å²) in [5.74, 6) is -2.16. The Labute approximate surface area is 117 Å². The van der Waals surface area contributed by atoms with E-state index >= 15 is 0 Å². The maximum absolute atomic E-state index is 10.8. The van der Waals surface area contributed by atoms with Crippen LogP contribution in [0.2, 0.25) is 0 Å². The van der Waals surface area contributed by atoms with Gasteiger partial charge in [-0.25, -0.2) is 14.4 Å². The first-order valence-electron chi connectivity index (χ1n) is 5.47. The Balaban J connectivity index is 0. The summed E-state index contributed by atoms with van der Waals surface area (Å²) in [6.07, 6.45) is 4.85. The van der Waals surface area contributed by atoms with E-state index in [1.807, 2.05) is 0 Å². The predicted octanol–water partition coefficient (Wildman–Crippen LogP) is 1.65. The molecule has 0 aliphatic heterocycles. The molecule has 0 fully saturated rings. The molecule has 0 atom stereocenters. The number of carboxylic acid groups (broad SMARTS) is 1. The average Bonchev–Trinajstić information content (AvgIpc) is 2.40. The molecule has 6 heteroatoms. The van der Waals surface area contributed by atoms with E-state index in [0.29, 0.717) is 0 Å². The van der Waals surface area contributed by atoms with Crippen LogP contribution in [-0.4, -0.2) is 36.2 Å². The number of carbonyl (C=O) groups is 3. The average molecular weight is 282 g/mol. The molecule has 0 aliphatic rings. The highest BCUT2D eigenvalue weighted by atomic mass is 16.5. The largest absolute Gasteiger partial charge is 0.478 e. The molecule has 0 aliphatic carbocycles. The van der Waals surface area contributed by atoms with Gasteiger partial charge in [-0.1, -0.05) is 31.9 Å². The van der Waals surface area contributed by atoms with Crippen LogP contribution in [0.4, 0.5) is 0 Å². The van der Waals surface area contributed by atoms with Crippen LogP contribution >= 0.6 is 0 Å². The Morgan fingerprint density at radius 3 is 1.50 bits per heavy atom. The lowest BCUT2D eigenvalue weighted by Gasteiger charge is -1.96. The highest BCUT2D eigenvalue weighted by Gasteiger charge is 1.98. The molecule has 0 saturated carbocycles. The van der Waals surface area contributed by atoms with E-state index in [4.69, 9.17) is 5.11 Å². The van der Waals surface area contributed by atoms with Gasteiger partial charge in [-0.2, -0.15) is 0 Å². The summed E-state index contributed by atoms with van der Waals surface area (Å²) < 4.78 is 9.15. The summed E-state index contributed by atoms with van der Waals surface area (Å²) in [5.41, 5.74) is 0.176. The van der Waals surface area contributed by atoms with Crippen molar-refractivity contribution in [1.82, 2.24) is 0 Å². The zero-order valence-corrected chi connectivity index (χ0v) is 11.3. The monoisotopic (exact) mass is 282 g/mol. The van der Waals surface area contributed by atoms with Gasteiger partial charge in [-0.3, -0.25) is 0 Å². The normalized spacial score (nSPS) is 8.85. The molecular weight excluding hydrogens is 264 g/mol. The van der Waals surface area contributed by atoms with Gasteiger partial charge in [0.25, 0.3) is 0 Å². The first kappa shape index (κ1) is 19.7. The predicted molar refractivity (Wildman–Crippen MR) is 73.9 cm³/mol. The minimum Gasteiger partial charge on any atom is -0.478 e. The standard InChI is InChI=1S/C10H12O4.C4H6O2/c1-3-7-13-9(11)5-6-10(12)14-8-4-2;1-3(2)4(5)6/h3-6H,1-2,7-8H2;1H2,2H3,(H,5,6)/b6-5-;. The Hall–Kier alpha value is -2.63. The Kier molecular flexibility index (Phi) is 12.6. The minimum absolute atomic E-state index is 0.116. The van der Waals surface area contributed by atoms with Crippen LogP contribution in [0.1, 0.15) is 6.92 Å². The highest BCUT2D eigenvalue weighted by Crippen LogP contribution is 1.86. The number of carboxylic acids is 1. The fraction of sp³-hybridized carbons (Fsp3) is 0.214. The van der Waals surface area contributed by atoms with Crippen molar-refractivity contribution in [2.24, 2.45) is 0 Å². The van der Waals surface area contributed by atoms with Gasteiger partial charge in [0.1, 0.15) is 13.2 Å². The van der Waals surface area contributed by atoms with Crippen molar-refractivity contribution in [2.45, 2.75) is 6.92 Å². The molecule has 0 aromatic carbocycles. The van der Waals surface area contributed by atoms with Crippen LogP contribution in [0.15, 0.2) is 49.6 Å². The van der Waals surface area contributed by atoms with Gasteiger partial charge in [0.05, 0.1) is 0 Å². The number of esters is 2. The van der Waals surface area contributed by atoms with Crippen molar-refractivity contribution in [3.63, 3.8) is 0 Å². The lowest BCUT2D eigenvalue weighted by molar-refractivity contribution is -0.139. The summed E-state index contributed by atoms with van der Waals surface area (Å²) in [6, 6.07) is 0. The maximum atomic E-state index is 10.8. The van der Waals surface area contributed by atoms with Crippen LogP contribution in [-0.2, 0) is 23.9 Å². The lowest BCUT2D eigenvalue weighted by Crippen LogP contribution is -2.04. The van der Waals surface area contributed by atoms with Gasteiger partial charge in [0.15, 0.2) is 0 Å². The third-order valence-electron chi connectivity index (χ3n) is 1.41. The molecule has 0 aromatic heterocycles. The van der Waals surface area contributed by atoms with Crippen molar-refractivity contribution in [3.05, 3.63) is 49.6 Å². The summed E-state index contributed by atoms with van der Waals surface area (Å²) in [5, 5.41) is 7.89. The summed E-state index contributed by atoms with van der Waals surface area (Å²) >= 11 is 0. The zero-order chi connectivity index (χ0) is 16.0. The maximum Gasteiger partial charge on any atom is 0.331 e. The fourth-order valence-corrected chi connectivity index (χ4v) is 0.514. The molecule has 0 spiro atoms. The first-order chi connectivity index (χ1) is 9.34. The fourth-order valence-electron chi connectivity index (χ4n) is 0.514. The van der Waals surface area contributed by atoms with Gasteiger partial charge in [-0.05, 0) is 6.92 Å². The van der Waals surface area contributed by atoms with Gasteiger partial charge in [0.2, 0.25) is 0 Å². The van der Waals surface area contributed by atoms with E-state index < -0.39 is 17.9 Å². The van der Waals surface area contributed by atoms with Gasteiger partial charge >= 0.3 is 17.9 Å². The molecule has 0 radical (unpaired) electrons. The topological polar surface area (TPSA) is 89.9 Å². The van der Waals surface area contributed by atoms with Crippen LogP contribution < -0.4 is 0 Å². The number of rotatable bonds is 7. The Bertz CT molecular complexity index is 368. The van der Waals surface area contributed by atoms with Crippen molar-refractivity contribution in [3.8, 4) is 0 Å². The second-order valence-corrected chi connectivity index (χ2v) is 3.26. The summed E-state index contributed by atoms with van der Waals surface area (Å²) in [6.45, 7) is 11.6. The second-order valence-electron chi connectivity index (χ2n) is 3.26. The van der Waals surface area contributed by atoms with E-state index in [9.17, 15) is 14.4 Å². The van der Waals surface area contributed by atoms with E-state index in [1.54, 1.807) is 0 Å². The quantitative estimate of drug-likeness (QED) is 0.434. The minimum atomic E-state index is -0.935. The highest BCUT2D eigenvalue weighted by molar-refractivity contribution is 5.91. The van der Waals surface area contributed by atoms with Gasteiger partial charge in [0, 0.05) is 17.7 Å². The summed E-state index contributed by atoms with van der Waals surface area (Å²) in [4.78, 5) is 31.2. The van der Waals surface area contributed by atoms with Crippen molar-refractivity contribution in [1.29, 1.82) is 0 Å². The molecule has 0 amide bonds. The van der Waals surface area contributed by atoms with Crippen LogP contribution in [0.25, 0.3) is 0 Å². The molecule has 0 aromatic rings. The molecule has 6 nitrogen and oxygen atoms in total. The van der Waals surface area contributed by atoms with Crippen molar-refractivity contribution < 1.29 is 29.0 Å². The third kappa shape index (κ3) is 15.4. The molecule has 0 heterocycles. The lowest BCUT2D eigenvalue weighted by atomic mass is 10.4. The summed E-state index contributed by atoms with van der Waals surface area (Å²) in [7, 11) is 0.